The van der Waals surface area contributed by atoms with Crippen LogP contribution in [0.1, 0.15) is 97.8 Å². The second kappa shape index (κ2) is 11.4. The fraction of sp³-hybridized carbons (Fsp3) is 1.00. The van der Waals surface area contributed by atoms with E-state index in [0.717, 1.165) is 6.42 Å². The highest BCUT2D eigenvalue weighted by atomic mass is 16.7. The van der Waals surface area contributed by atoms with Gasteiger partial charge in [0, 0.05) is 0 Å². The Bertz CT molecular complexity index is 268. The normalized spacial score (nSPS) is 24.5. The summed E-state index contributed by atoms with van der Waals surface area (Å²) >= 11 is 0. The molecule has 0 aliphatic carbocycles. The molecule has 0 spiro atoms. The van der Waals surface area contributed by atoms with Gasteiger partial charge in [0.05, 0.1) is 18.8 Å². The molecule has 0 saturated carbocycles. The van der Waals surface area contributed by atoms with Gasteiger partial charge in [0.2, 0.25) is 0 Å². The molecule has 3 nitrogen and oxygen atoms in total. The summed E-state index contributed by atoms with van der Waals surface area (Å²) in [4.78, 5) is 0. The van der Waals surface area contributed by atoms with Crippen molar-refractivity contribution < 1.29 is 9.47 Å². The van der Waals surface area contributed by atoms with Gasteiger partial charge in [0.1, 0.15) is 0 Å². The smallest absolute Gasteiger partial charge is 0.163 e. The molecule has 0 amide bonds. The highest BCUT2D eigenvalue weighted by Gasteiger charge is 2.33. The van der Waals surface area contributed by atoms with Gasteiger partial charge in [-0.05, 0) is 20.3 Å². The van der Waals surface area contributed by atoms with Crippen LogP contribution in [-0.2, 0) is 9.47 Å². The van der Waals surface area contributed by atoms with Crippen LogP contribution in [0.3, 0.4) is 0 Å². The molecule has 1 heterocycles. The lowest BCUT2D eigenvalue weighted by atomic mass is 10.0. The second-order valence-corrected chi connectivity index (χ2v) is 7.36. The lowest BCUT2D eigenvalue weighted by Gasteiger charge is -2.39. The first-order chi connectivity index (χ1) is 10.5. The van der Waals surface area contributed by atoms with Gasteiger partial charge in [-0.3, -0.25) is 0 Å². The molecule has 2 atom stereocenters. The zero-order valence-electron chi connectivity index (χ0n) is 15.2. The monoisotopic (exact) mass is 313 g/mol. The fourth-order valence-electron chi connectivity index (χ4n) is 3.17. The largest absolute Gasteiger partial charge is 0.349 e. The summed E-state index contributed by atoms with van der Waals surface area (Å²) in [6, 6.07) is 0.0381. The van der Waals surface area contributed by atoms with Gasteiger partial charge in [-0.15, -0.1) is 0 Å². The van der Waals surface area contributed by atoms with E-state index < -0.39 is 5.79 Å². The molecule has 0 bridgehead atoms. The molecule has 1 fully saturated rings. The first-order valence-corrected chi connectivity index (χ1v) is 9.62. The van der Waals surface area contributed by atoms with Crippen molar-refractivity contribution in [2.75, 3.05) is 6.61 Å². The molecule has 1 saturated heterocycles. The average Bonchev–Trinajstić information content (AvgIpc) is 2.48. The lowest BCUT2D eigenvalue weighted by molar-refractivity contribution is -0.280. The Morgan fingerprint density at radius 3 is 1.91 bits per heavy atom. The van der Waals surface area contributed by atoms with Crippen LogP contribution in [0.25, 0.3) is 0 Å². The molecule has 22 heavy (non-hydrogen) atoms. The number of nitrogens with two attached hydrogens (primary N) is 1. The maximum Gasteiger partial charge on any atom is 0.163 e. The molecule has 0 unspecified atom stereocenters. The second-order valence-electron chi connectivity index (χ2n) is 7.36. The highest BCUT2D eigenvalue weighted by Crippen LogP contribution is 2.25. The van der Waals surface area contributed by atoms with E-state index in [9.17, 15) is 0 Å². The summed E-state index contributed by atoms with van der Waals surface area (Å²) < 4.78 is 11.5. The minimum absolute atomic E-state index is 0.0381. The maximum atomic E-state index is 6.08. The molecule has 3 heteroatoms. The van der Waals surface area contributed by atoms with Crippen LogP contribution in [0.5, 0.6) is 0 Å². The van der Waals surface area contributed by atoms with E-state index in [-0.39, 0.29) is 12.1 Å². The molecule has 0 radical (unpaired) electrons. The first kappa shape index (κ1) is 19.9. The van der Waals surface area contributed by atoms with Crippen molar-refractivity contribution in [3.05, 3.63) is 0 Å². The van der Waals surface area contributed by atoms with E-state index in [1.165, 1.54) is 70.6 Å². The molecular formula is C19H39NO2. The molecule has 2 N–H and O–H groups in total. The Labute approximate surface area is 138 Å². The Morgan fingerprint density at radius 2 is 1.36 bits per heavy atom. The predicted octanol–water partition coefficient (Wildman–Crippen LogP) is 5.17. The molecule has 1 rings (SSSR count). The van der Waals surface area contributed by atoms with Crippen LogP contribution in [-0.4, -0.2) is 24.5 Å². The van der Waals surface area contributed by atoms with Gasteiger partial charge < -0.3 is 15.2 Å². The summed E-state index contributed by atoms with van der Waals surface area (Å²) in [5, 5.41) is 0. The van der Waals surface area contributed by atoms with Crippen LogP contribution in [0.2, 0.25) is 0 Å². The SMILES string of the molecule is CCCCCCCCCCCCC[C@H]1OC(C)(C)OC[C@@H]1N. The lowest BCUT2D eigenvalue weighted by Crippen LogP contribution is -2.52. The number of rotatable bonds is 12. The van der Waals surface area contributed by atoms with Gasteiger partial charge in [0.25, 0.3) is 0 Å². The van der Waals surface area contributed by atoms with Crippen molar-refractivity contribution in [3.63, 3.8) is 0 Å². The maximum absolute atomic E-state index is 6.08. The third-order valence-electron chi connectivity index (χ3n) is 4.63. The summed E-state index contributed by atoms with van der Waals surface area (Å²) in [5.41, 5.74) is 6.08. The van der Waals surface area contributed by atoms with Crippen molar-refractivity contribution in [2.45, 2.75) is 116 Å². The molecule has 1 aliphatic rings. The molecule has 1 aliphatic heterocycles. The van der Waals surface area contributed by atoms with Gasteiger partial charge in [-0.2, -0.15) is 0 Å². The van der Waals surface area contributed by atoms with Crippen LogP contribution < -0.4 is 5.73 Å². The van der Waals surface area contributed by atoms with Crippen LogP contribution in [0.15, 0.2) is 0 Å². The first-order valence-electron chi connectivity index (χ1n) is 9.62. The Balaban J connectivity index is 1.90. The Morgan fingerprint density at radius 1 is 0.864 bits per heavy atom. The minimum Gasteiger partial charge on any atom is -0.349 e. The number of ether oxygens (including phenoxy) is 2. The molecule has 132 valence electrons. The topological polar surface area (TPSA) is 44.5 Å². The van der Waals surface area contributed by atoms with Gasteiger partial charge in [-0.1, -0.05) is 77.6 Å². The van der Waals surface area contributed by atoms with E-state index in [1.807, 2.05) is 13.8 Å². The molecular weight excluding hydrogens is 274 g/mol. The summed E-state index contributed by atoms with van der Waals surface area (Å²) in [5.74, 6) is -0.460. The van der Waals surface area contributed by atoms with Gasteiger partial charge in [-0.25, -0.2) is 0 Å². The summed E-state index contributed by atoms with van der Waals surface area (Å²) in [7, 11) is 0. The minimum atomic E-state index is -0.460. The van der Waals surface area contributed by atoms with Crippen molar-refractivity contribution in [2.24, 2.45) is 5.73 Å². The van der Waals surface area contributed by atoms with E-state index >= 15 is 0 Å². The fourth-order valence-corrected chi connectivity index (χ4v) is 3.17. The molecule has 0 aromatic heterocycles. The van der Waals surface area contributed by atoms with E-state index in [1.54, 1.807) is 0 Å². The number of hydrogen-bond donors (Lipinski definition) is 1. The Kier molecular flexibility index (Phi) is 10.3. The Hall–Kier alpha value is -0.120. The summed E-state index contributed by atoms with van der Waals surface area (Å²) in [6.07, 6.45) is 16.4. The van der Waals surface area contributed by atoms with Crippen molar-refractivity contribution in [3.8, 4) is 0 Å². The van der Waals surface area contributed by atoms with Crippen molar-refractivity contribution in [1.29, 1.82) is 0 Å². The zero-order chi connectivity index (χ0) is 16.3. The van der Waals surface area contributed by atoms with Crippen LogP contribution in [0.4, 0.5) is 0 Å². The standard InChI is InChI=1S/C19H39NO2/c1-4-5-6-7-8-9-10-11-12-13-14-15-18-17(20)16-21-19(2,3)22-18/h17-18H,4-16,20H2,1-3H3/t17-,18+/m0/s1. The number of unbranched alkanes of at least 4 members (excludes halogenated alkanes) is 10. The van der Waals surface area contributed by atoms with E-state index in [2.05, 4.69) is 6.92 Å². The quantitative estimate of drug-likeness (QED) is 0.506. The third kappa shape index (κ3) is 9.12. The predicted molar refractivity (Wildman–Crippen MR) is 94.0 cm³/mol. The molecule has 0 aromatic rings. The van der Waals surface area contributed by atoms with Gasteiger partial charge >= 0.3 is 0 Å². The summed E-state index contributed by atoms with van der Waals surface area (Å²) in [6.45, 7) is 6.85. The van der Waals surface area contributed by atoms with Crippen molar-refractivity contribution >= 4 is 0 Å². The highest BCUT2D eigenvalue weighted by molar-refractivity contribution is 4.80. The molecule has 0 aromatic carbocycles. The van der Waals surface area contributed by atoms with E-state index in [0.29, 0.717) is 6.61 Å². The van der Waals surface area contributed by atoms with Crippen LogP contribution >= 0.6 is 0 Å². The van der Waals surface area contributed by atoms with Crippen LogP contribution in [0, 0.1) is 0 Å². The zero-order valence-corrected chi connectivity index (χ0v) is 15.2. The number of hydrogen-bond acceptors (Lipinski definition) is 3. The third-order valence-corrected chi connectivity index (χ3v) is 4.63. The van der Waals surface area contributed by atoms with E-state index in [4.69, 9.17) is 15.2 Å². The van der Waals surface area contributed by atoms with Gasteiger partial charge in [0.15, 0.2) is 5.79 Å². The van der Waals surface area contributed by atoms with Crippen molar-refractivity contribution in [1.82, 2.24) is 0 Å². The average molecular weight is 314 g/mol.